The summed E-state index contributed by atoms with van der Waals surface area (Å²) in [4.78, 5) is 23.2. The fourth-order valence-electron chi connectivity index (χ4n) is 2.58. The second-order valence-electron chi connectivity index (χ2n) is 5.44. The summed E-state index contributed by atoms with van der Waals surface area (Å²) >= 11 is 7.52. The minimum Gasteiger partial charge on any atom is -0.390 e. The first-order chi connectivity index (χ1) is 11.1. The number of carbonyl (C=O) groups excluding carboxylic acids is 1. The number of aliphatic hydroxyl groups excluding tert-OH is 1. The minimum absolute atomic E-state index is 0.174. The Labute approximate surface area is 143 Å². The maximum atomic E-state index is 11.9. The summed E-state index contributed by atoms with van der Waals surface area (Å²) in [6.45, 7) is 2.49. The molecule has 0 aliphatic carbocycles. The molecule has 23 heavy (non-hydrogen) atoms. The van der Waals surface area contributed by atoms with Crippen LogP contribution in [0.15, 0.2) is 23.8 Å². The van der Waals surface area contributed by atoms with Crippen molar-refractivity contribution in [3.63, 3.8) is 0 Å². The third kappa shape index (κ3) is 4.26. The number of fused-ring (bicyclic) bond motifs is 1. The first kappa shape index (κ1) is 16.3. The highest BCUT2D eigenvalue weighted by atomic mass is 35.5. The van der Waals surface area contributed by atoms with Gasteiger partial charge in [0.15, 0.2) is 0 Å². The van der Waals surface area contributed by atoms with Crippen LogP contribution in [0, 0.1) is 0 Å². The van der Waals surface area contributed by atoms with Crippen molar-refractivity contribution in [1.29, 1.82) is 0 Å². The van der Waals surface area contributed by atoms with Crippen molar-refractivity contribution in [2.75, 3.05) is 19.6 Å². The quantitative estimate of drug-likeness (QED) is 0.794. The monoisotopic (exact) mass is 352 g/mol. The van der Waals surface area contributed by atoms with E-state index in [9.17, 15) is 9.90 Å². The largest absolute Gasteiger partial charge is 0.390 e. The molecule has 0 saturated heterocycles. The molecule has 1 atom stereocenters. The number of aromatic nitrogens is 2. The molecule has 0 spiro atoms. The molecule has 0 bridgehead atoms. The Hall–Kier alpha value is -1.54. The molecule has 0 saturated carbocycles. The maximum absolute atomic E-state index is 11.9. The van der Waals surface area contributed by atoms with Crippen LogP contribution >= 0.6 is 22.9 Å². The summed E-state index contributed by atoms with van der Waals surface area (Å²) in [6, 6.07) is 3.53. The second kappa shape index (κ2) is 7.35. The number of amides is 1. The van der Waals surface area contributed by atoms with Gasteiger partial charge in [-0.1, -0.05) is 11.6 Å². The average Bonchev–Trinajstić information content (AvgIpc) is 3.00. The normalized spacial score (nSPS) is 15.9. The second-order valence-corrected chi connectivity index (χ2v) is 6.83. The number of hydrogen-bond donors (Lipinski definition) is 2. The third-order valence-corrected chi connectivity index (χ3v) is 4.95. The van der Waals surface area contributed by atoms with E-state index in [0.29, 0.717) is 6.54 Å². The summed E-state index contributed by atoms with van der Waals surface area (Å²) in [6.07, 6.45) is 1.63. The van der Waals surface area contributed by atoms with Gasteiger partial charge in [-0.05, 0) is 23.4 Å². The van der Waals surface area contributed by atoms with Gasteiger partial charge in [-0.2, -0.15) is 0 Å². The predicted octanol–water partition coefficient (Wildman–Crippen LogP) is 1.34. The molecule has 1 amide bonds. The topological polar surface area (TPSA) is 78.4 Å². The van der Waals surface area contributed by atoms with Crippen LogP contribution in [0.1, 0.15) is 20.9 Å². The molecule has 8 heteroatoms. The van der Waals surface area contributed by atoms with Crippen molar-refractivity contribution >= 4 is 28.8 Å². The van der Waals surface area contributed by atoms with Gasteiger partial charge in [-0.15, -0.1) is 11.3 Å². The van der Waals surface area contributed by atoms with Gasteiger partial charge in [0, 0.05) is 37.1 Å². The first-order valence-electron chi connectivity index (χ1n) is 7.33. The number of rotatable bonds is 5. The number of halogens is 1. The number of thiophene rings is 1. The standard InChI is InChI=1S/C15H17ClN4O2S/c16-14-5-12(18-9-19-14)15(22)17-6-11(21)8-20-3-1-13-10(7-20)2-4-23-13/h2,4-5,9,11,21H,1,3,6-8H2,(H,17,22)/t11-/m0/s1. The Bertz CT molecular complexity index is 694. The van der Waals surface area contributed by atoms with Crippen molar-refractivity contribution in [3.05, 3.63) is 45.1 Å². The van der Waals surface area contributed by atoms with Crippen LogP contribution in [0.4, 0.5) is 0 Å². The Morgan fingerprint density at radius 1 is 1.52 bits per heavy atom. The van der Waals surface area contributed by atoms with Gasteiger partial charge in [0.25, 0.3) is 5.91 Å². The highest BCUT2D eigenvalue weighted by molar-refractivity contribution is 7.10. The fourth-order valence-corrected chi connectivity index (χ4v) is 3.62. The summed E-state index contributed by atoms with van der Waals surface area (Å²) < 4.78 is 0. The lowest BCUT2D eigenvalue weighted by Crippen LogP contribution is -2.41. The van der Waals surface area contributed by atoms with E-state index in [1.165, 1.54) is 22.8 Å². The van der Waals surface area contributed by atoms with Crippen molar-refractivity contribution in [2.24, 2.45) is 0 Å². The molecule has 122 valence electrons. The lowest BCUT2D eigenvalue weighted by Gasteiger charge is -2.28. The molecule has 3 heterocycles. The number of carbonyl (C=O) groups is 1. The van der Waals surface area contributed by atoms with Crippen LogP contribution in [0.5, 0.6) is 0 Å². The van der Waals surface area contributed by atoms with Crippen molar-refractivity contribution in [2.45, 2.75) is 19.1 Å². The average molecular weight is 353 g/mol. The van der Waals surface area contributed by atoms with E-state index >= 15 is 0 Å². The van der Waals surface area contributed by atoms with Gasteiger partial charge >= 0.3 is 0 Å². The van der Waals surface area contributed by atoms with Crippen LogP contribution in [0.2, 0.25) is 5.15 Å². The molecule has 1 aliphatic heterocycles. The smallest absolute Gasteiger partial charge is 0.270 e. The number of nitrogens with zero attached hydrogens (tertiary/aromatic N) is 3. The van der Waals surface area contributed by atoms with E-state index in [1.54, 1.807) is 11.3 Å². The predicted molar refractivity (Wildman–Crippen MR) is 88.7 cm³/mol. The Balaban J connectivity index is 1.47. The van der Waals surface area contributed by atoms with Crippen LogP contribution in [0.25, 0.3) is 0 Å². The molecule has 2 N–H and O–H groups in total. The fraction of sp³-hybridized carbons (Fsp3) is 0.400. The van der Waals surface area contributed by atoms with E-state index in [-0.39, 0.29) is 23.3 Å². The molecule has 1 aliphatic rings. The zero-order chi connectivity index (χ0) is 16.2. The van der Waals surface area contributed by atoms with Gasteiger partial charge in [-0.25, -0.2) is 9.97 Å². The Morgan fingerprint density at radius 2 is 2.39 bits per heavy atom. The summed E-state index contributed by atoms with van der Waals surface area (Å²) in [5.74, 6) is -0.368. The molecule has 0 fully saturated rings. The zero-order valence-corrected chi connectivity index (χ0v) is 14.0. The molecule has 2 aromatic rings. The summed E-state index contributed by atoms with van der Waals surface area (Å²) in [5.41, 5.74) is 1.53. The number of nitrogens with one attached hydrogen (secondary N) is 1. The minimum atomic E-state index is -0.628. The first-order valence-corrected chi connectivity index (χ1v) is 8.59. The van der Waals surface area contributed by atoms with Crippen molar-refractivity contribution < 1.29 is 9.90 Å². The van der Waals surface area contributed by atoms with E-state index in [0.717, 1.165) is 19.5 Å². The van der Waals surface area contributed by atoms with E-state index < -0.39 is 6.10 Å². The Morgan fingerprint density at radius 3 is 3.22 bits per heavy atom. The lowest BCUT2D eigenvalue weighted by atomic mass is 10.1. The number of aliphatic hydroxyl groups is 1. The maximum Gasteiger partial charge on any atom is 0.270 e. The highest BCUT2D eigenvalue weighted by Gasteiger charge is 2.20. The lowest BCUT2D eigenvalue weighted by molar-refractivity contribution is 0.0839. The molecule has 0 aromatic carbocycles. The molecular weight excluding hydrogens is 336 g/mol. The molecule has 6 nitrogen and oxygen atoms in total. The number of hydrogen-bond acceptors (Lipinski definition) is 6. The van der Waals surface area contributed by atoms with E-state index in [4.69, 9.17) is 11.6 Å². The molecular formula is C15H17ClN4O2S. The van der Waals surface area contributed by atoms with Gasteiger partial charge < -0.3 is 10.4 Å². The molecule has 0 radical (unpaired) electrons. The molecule has 3 rings (SSSR count). The summed E-state index contributed by atoms with van der Waals surface area (Å²) in [5, 5.41) is 15.1. The van der Waals surface area contributed by atoms with Crippen LogP contribution in [-0.2, 0) is 13.0 Å². The van der Waals surface area contributed by atoms with Gasteiger partial charge in [0.2, 0.25) is 0 Å². The van der Waals surface area contributed by atoms with Crippen LogP contribution < -0.4 is 5.32 Å². The number of β-amino-alcohol motifs (C(OH)–C–C–N with tert-alkyl or cyclic N) is 1. The highest BCUT2D eigenvalue weighted by Crippen LogP contribution is 2.23. The van der Waals surface area contributed by atoms with Gasteiger partial charge in [0.05, 0.1) is 6.10 Å². The van der Waals surface area contributed by atoms with Crippen LogP contribution in [-0.4, -0.2) is 51.6 Å². The van der Waals surface area contributed by atoms with Gasteiger partial charge in [-0.3, -0.25) is 9.69 Å². The van der Waals surface area contributed by atoms with Crippen LogP contribution in [0.3, 0.4) is 0 Å². The molecule has 2 aromatic heterocycles. The SMILES string of the molecule is O=C(NC[C@H](O)CN1CCc2sccc2C1)c1cc(Cl)ncn1. The summed E-state index contributed by atoms with van der Waals surface area (Å²) in [7, 11) is 0. The third-order valence-electron chi connectivity index (χ3n) is 3.72. The van der Waals surface area contributed by atoms with E-state index in [2.05, 4.69) is 31.6 Å². The van der Waals surface area contributed by atoms with Crippen molar-refractivity contribution in [1.82, 2.24) is 20.2 Å². The Kier molecular flexibility index (Phi) is 5.22. The van der Waals surface area contributed by atoms with E-state index in [1.807, 2.05) is 0 Å². The van der Waals surface area contributed by atoms with Crippen molar-refractivity contribution in [3.8, 4) is 0 Å². The molecule has 0 unspecified atom stereocenters. The van der Waals surface area contributed by atoms with Gasteiger partial charge in [0.1, 0.15) is 17.2 Å². The zero-order valence-electron chi connectivity index (χ0n) is 12.4.